The molecule has 5 aromatic rings. The lowest BCUT2D eigenvalue weighted by Crippen LogP contribution is -2.12. The number of para-hydroxylation sites is 1. The van der Waals surface area contributed by atoms with Gasteiger partial charge in [0.15, 0.2) is 0 Å². The summed E-state index contributed by atoms with van der Waals surface area (Å²) in [6, 6.07) is 25.8. The Morgan fingerprint density at radius 1 is 0.786 bits per heavy atom. The molecule has 0 fully saturated rings. The molecule has 2 aromatic heterocycles. The molecular formula is C25H19ClN2. The molecule has 6 rings (SSSR count). The molecular weight excluding hydrogens is 364 g/mol. The number of fused-ring (bicyclic) bond motifs is 7. The SMILES string of the molecule is Cn1c2c(c3cc(Cl)ccc31)CCn1c-2c(-c2ccccc2)c2ccccc21. The summed E-state index contributed by atoms with van der Waals surface area (Å²) in [4.78, 5) is 0. The highest BCUT2D eigenvalue weighted by molar-refractivity contribution is 6.31. The van der Waals surface area contributed by atoms with Crippen molar-refractivity contribution in [1.29, 1.82) is 0 Å². The first kappa shape index (κ1) is 16.0. The normalized spacial score (nSPS) is 13.1. The van der Waals surface area contributed by atoms with E-state index in [9.17, 15) is 0 Å². The molecule has 2 nitrogen and oxygen atoms in total. The van der Waals surface area contributed by atoms with Crippen molar-refractivity contribution in [1.82, 2.24) is 9.13 Å². The Balaban J connectivity index is 1.80. The maximum atomic E-state index is 6.35. The fraction of sp³-hybridized carbons (Fsp3) is 0.120. The van der Waals surface area contributed by atoms with Gasteiger partial charge in [0.2, 0.25) is 0 Å². The van der Waals surface area contributed by atoms with Crippen LogP contribution in [0.4, 0.5) is 0 Å². The van der Waals surface area contributed by atoms with E-state index in [1.165, 1.54) is 49.9 Å². The number of hydrogen-bond acceptors (Lipinski definition) is 0. The Morgan fingerprint density at radius 3 is 2.43 bits per heavy atom. The van der Waals surface area contributed by atoms with Crippen LogP contribution in [0.15, 0.2) is 72.8 Å². The van der Waals surface area contributed by atoms with Crippen molar-refractivity contribution in [3.05, 3.63) is 83.4 Å². The predicted octanol–water partition coefficient (Wildman–Crippen LogP) is 6.68. The van der Waals surface area contributed by atoms with E-state index in [0.29, 0.717) is 0 Å². The molecule has 0 N–H and O–H groups in total. The molecule has 136 valence electrons. The van der Waals surface area contributed by atoms with E-state index in [2.05, 4.69) is 82.9 Å². The third-order valence-corrected chi connectivity index (χ3v) is 6.34. The summed E-state index contributed by atoms with van der Waals surface area (Å²) < 4.78 is 4.85. The second-order valence-corrected chi connectivity index (χ2v) is 7.99. The van der Waals surface area contributed by atoms with Crippen LogP contribution in [0.3, 0.4) is 0 Å². The van der Waals surface area contributed by atoms with Crippen LogP contribution in [-0.4, -0.2) is 9.13 Å². The van der Waals surface area contributed by atoms with Gasteiger partial charge in [-0.2, -0.15) is 0 Å². The van der Waals surface area contributed by atoms with E-state index in [-0.39, 0.29) is 0 Å². The minimum absolute atomic E-state index is 0.801. The zero-order valence-electron chi connectivity index (χ0n) is 15.6. The second-order valence-electron chi connectivity index (χ2n) is 7.56. The standard InChI is InChI=1S/C25H19ClN2/c1-27-21-12-11-17(26)15-20(21)18-13-14-28-22-10-6-5-9-19(22)23(25(28)24(18)27)16-7-3-2-4-8-16/h2-12,15H,13-14H2,1H3. The molecule has 0 amide bonds. The van der Waals surface area contributed by atoms with Crippen molar-refractivity contribution in [2.45, 2.75) is 13.0 Å². The molecule has 1 aliphatic rings. The molecule has 3 heterocycles. The van der Waals surface area contributed by atoms with Gasteiger partial charge < -0.3 is 9.13 Å². The molecule has 0 bridgehead atoms. The first-order valence-electron chi connectivity index (χ1n) is 9.68. The van der Waals surface area contributed by atoms with Crippen LogP contribution in [-0.2, 0) is 20.0 Å². The number of halogens is 1. The summed E-state index contributed by atoms with van der Waals surface area (Å²) in [5.74, 6) is 0. The third kappa shape index (κ3) is 2.04. The Kier molecular flexibility index (Phi) is 3.30. The van der Waals surface area contributed by atoms with Crippen molar-refractivity contribution >= 4 is 33.4 Å². The Morgan fingerprint density at radius 2 is 1.57 bits per heavy atom. The lowest BCUT2D eigenvalue weighted by atomic mass is 9.96. The minimum atomic E-state index is 0.801. The number of aryl methyl sites for hydroxylation is 3. The zero-order valence-corrected chi connectivity index (χ0v) is 16.4. The van der Waals surface area contributed by atoms with Gasteiger partial charge in [-0.3, -0.25) is 0 Å². The average molecular weight is 383 g/mol. The Hall–Kier alpha value is -2.97. The van der Waals surface area contributed by atoms with Crippen LogP contribution in [0, 0.1) is 0 Å². The highest BCUT2D eigenvalue weighted by Crippen LogP contribution is 2.46. The molecule has 0 spiro atoms. The summed E-state index contributed by atoms with van der Waals surface area (Å²) in [5.41, 5.74) is 9.20. The molecule has 0 saturated heterocycles. The molecule has 3 aromatic carbocycles. The molecule has 0 unspecified atom stereocenters. The molecule has 0 aliphatic carbocycles. The van der Waals surface area contributed by atoms with Gasteiger partial charge >= 0.3 is 0 Å². The van der Waals surface area contributed by atoms with Crippen LogP contribution < -0.4 is 0 Å². The number of hydrogen-bond donors (Lipinski definition) is 0. The van der Waals surface area contributed by atoms with Crippen molar-refractivity contribution in [2.24, 2.45) is 7.05 Å². The van der Waals surface area contributed by atoms with Gasteiger partial charge in [0.25, 0.3) is 0 Å². The summed E-state index contributed by atoms with van der Waals surface area (Å²) >= 11 is 6.35. The molecule has 0 atom stereocenters. The Bertz CT molecular complexity index is 1370. The largest absolute Gasteiger partial charge is 0.342 e. The van der Waals surface area contributed by atoms with Crippen molar-refractivity contribution in [3.8, 4) is 22.5 Å². The Labute approximate surface area is 168 Å². The monoisotopic (exact) mass is 382 g/mol. The summed E-state index contributed by atoms with van der Waals surface area (Å²) in [5, 5.41) is 3.40. The fourth-order valence-electron chi connectivity index (χ4n) is 4.95. The quantitative estimate of drug-likeness (QED) is 0.306. The first-order valence-corrected chi connectivity index (χ1v) is 10.1. The summed E-state index contributed by atoms with van der Waals surface area (Å²) in [6.07, 6.45) is 1.02. The number of rotatable bonds is 1. The number of aromatic nitrogens is 2. The maximum absolute atomic E-state index is 6.35. The van der Waals surface area contributed by atoms with E-state index in [1.807, 2.05) is 6.07 Å². The molecule has 3 heteroatoms. The van der Waals surface area contributed by atoms with Crippen LogP contribution in [0.2, 0.25) is 5.02 Å². The highest BCUT2D eigenvalue weighted by atomic mass is 35.5. The van der Waals surface area contributed by atoms with Gasteiger partial charge in [-0.15, -0.1) is 0 Å². The maximum Gasteiger partial charge on any atom is 0.0741 e. The van der Waals surface area contributed by atoms with Gasteiger partial charge in [-0.05, 0) is 41.8 Å². The lowest BCUT2D eigenvalue weighted by molar-refractivity contribution is 0.703. The molecule has 1 aliphatic heterocycles. The molecule has 0 radical (unpaired) electrons. The third-order valence-electron chi connectivity index (χ3n) is 6.11. The lowest BCUT2D eigenvalue weighted by Gasteiger charge is -2.20. The summed E-state index contributed by atoms with van der Waals surface area (Å²) in [7, 11) is 2.18. The van der Waals surface area contributed by atoms with Gasteiger partial charge in [-0.1, -0.05) is 60.1 Å². The van der Waals surface area contributed by atoms with Crippen molar-refractivity contribution in [2.75, 3.05) is 0 Å². The minimum Gasteiger partial charge on any atom is -0.342 e. The van der Waals surface area contributed by atoms with E-state index in [4.69, 9.17) is 11.6 Å². The van der Waals surface area contributed by atoms with Gasteiger partial charge in [0, 0.05) is 46.0 Å². The predicted molar refractivity (Wildman–Crippen MR) is 118 cm³/mol. The molecule has 28 heavy (non-hydrogen) atoms. The molecule has 0 saturated carbocycles. The van der Waals surface area contributed by atoms with Crippen LogP contribution in [0.25, 0.3) is 44.3 Å². The van der Waals surface area contributed by atoms with E-state index < -0.39 is 0 Å². The number of benzene rings is 3. The van der Waals surface area contributed by atoms with E-state index in [0.717, 1.165) is 18.0 Å². The zero-order chi connectivity index (χ0) is 18.8. The van der Waals surface area contributed by atoms with E-state index >= 15 is 0 Å². The number of nitrogens with zero attached hydrogens (tertiary/aromatic N) is 2. The van der Waals surface area contributed by atoms with Gasteiger partial charge in [0.1, 0.15) is 0 Å². The van der Waals surface area contributed by atoms with Crippen LogP contribution in [0.1, 0.15) is 5.56 Å². The topological polar surface area (TPSA) is 9.86 Å². The highest BCUT2D eigenvalue weighted by Gasteiger charge is 2.29. The average Bonchev–Trinajstić information content (AvgIpc) is 3.21. The smallest absolute Gasteiger partial charge is 0.0741 e. The van der Waals surface area contributed by atoms with Crippen LogP contribution in [0.5, 0.6) is 0 Å². The van der Waals surface area contributed by atoms with Crippen molar-refractivity contribution in [3.63, 3.8) is 0 Å². The van der Waals surface area contributed by atoms with Crippen LogP contribution >= 0.6 is 11.6 Å². The fourth-order valence-corrected chi connectivity index (χ4v) is 5.12. The second kappa shape index (κ2) is 5.76. The van der Waals surface area contributed by atoms with E-state index in [1.54, 1.807) is 0 Å². The first-order chi connectivity index (χ1) is 13.7. The summed E-state index contributed by atoms with van der Waals surface area (Å²) in [6.45, 7) is 0.987. The van der Waals surface area contributed by atoms with Gasteiger partial charge in [-0.25, -0.2) is 0 Å². The van der Waals surface area contributed by atoms with Gasteiger partial charge in [0.05, 0.1) is 11.4 Å². The van der Waals surface area contributed by atoms with Crippen molar-refractivity contribution < 1.29 is 0 Å².